The van der Waals surface area contributed by atoms with Gasteiger partial charge in [0.25, 0.3) is 0 Å². The third-order valence-corrected chi connectivity index (χ3v) is 4.37. The molecule has 6 heteroatoms. The summed E-state index contributed by atoms with van der Waals surface area (Å²) in [4.78, 5) is 0. The second-order valence-corrected chi connectivity index (χ2v) is 6.12. The van der Waals surface area contributed by atoms with Crippen LogP contribution >= 0.6 is 0 Å². The van der Waals surface area contributed by atoms with E-state index in [0.717, 1.165) is 33.3 Å². The predicted octanol–water partition coefficient (Wildman–Crippen LogP) is 5.09. The van der Waals surface area contributed by atoms with E-state index in [1.54, 1.807) is 12.1 Å². The van der Waals surface area contributed by atoms with Crippen molar-refractivity contribution in [3.63, 3.8) is 0 Å². The lowest BCUT2D eigenvalue weighted by Gasteiger charge is -2.00. The molecule has 0 saturated carbocycles. The first kappa shape index (κ1) is 15.5. The molecule has 130 valence electrons. The minimum Gasteiger partial charge on any atom is -0.416 e. The van der Waals surface area contributed by atoms with E-state index in [1.807, 2.05) is 48.5 Å². The molecule has 0 saturated heterocycles. The van der Waals surface area contributed by atoms with Crippen molar-refractivity contribution in [2.45, 2.75) is 0 Å². The van der Waals surface area contributed by atoms with Gasteiger partial charge < -0.3 is 4.42 Å². The summed E-state index contributed by atoms with van der Waals surface area (Å²) in [6.45, 7) is 0. The zero-order valence-electron chi connectivity index (χ0n) is 14.1. The summed E-state index contributed by atoms with van der Waals surface area (Å²) in [6.07, 6.45) is 0. The third kappa shape index (κ3) is 2.77. The number of rotatable bonds is 3. The summed E-state index contributed by atoms with van der Waals surface area (Å²) in [5, 5.41) is 16.6. The van der Waals surface area contributed by atoms with Crippen LogP contribution in [0.15, 0.2) is 77.2 Å². The number of nitrogens with zero attached hydrogens (tertiary/aromatic N) is 3. The lowest BCUT2D eigenvalue weighted by Crippen LogP contribution is -1.81. The van der Waals surface area contributed by atoms with Crippen LogP contribution in [-0.4, -0.2) is 20.4 Å². The number of aromatic nitrogens is 4. The van der Waals surface area contributed by atoms with Crippen LogP contribution in [0.2, 0.25) is 0 Å². The Morgan fingerprint density at radius 2 is 1.44 bits per heavy atom. The van der Waals surface area contributed by atoms with Crippen LogP contribution in [0.25, 0.3) is 45.1 Å². The lowest BCUT2D eigenvalue weighted by molar-refractivity contribution is 0.584. The molecule has 0 radical (unpaired) electrons. The van der Waals surface area contributed by atoms with Crippen LogP contribution in [0, 0.1) is 5.82 Å². The molecule has 0 bridgehead atoms. The van der Waals surface area contributed by atoms with Gasteiger partial charge in [0.1, 0.15) is 5.82 Å². The van der Waals surface area contributed by atoms with Gasteiger partial charge in [-0.1, -0.05) is 18.2 Å². The van der Waals surface area contributed by atoms with E-state index < -0.39 is 0 Å². The summed E-state index contributed by atoms with van der Waals surface area (Å²) < 4.78 is 19.1. The molecular weight excluding hydrogens is 343 g/mol. The molecule has 1 N–H and O–H groups in total. The van der Waals surface area contributed by atoms with E-state index in [4.69, 9.17) is 4.42 Å². The molecule has 0 atom stereocenters. The van der Waals surface area contributed by atoms with Crippen molar-refractivity contribution in [2.24, 2.45) is 0 Å². The minimum absolute atomic E-state index is 0.279. The summed E-state index contributed by atoms with van der Waals surface area (Å²) in [6, 6.07) is 21.6. The average Bonchev–Trinajstić information content (AvgIpc) is 3.36. The van der Waals surface area contributed by atoms with Gasteiger partial charge in [0, 0.05) is 22.1 Å². The Morgan fingerprint density at radius 3 is 2.22 bits per heavy atom. The van der Waals surface area contributed by atoms with Gasteiger partial charge >= 0.3 is 0 Å². The molecule has 5 rings (SSSR count). The molecule has 27 heavy (non-hydrogen) atoms. The second-order valence-electron chi connectivity index (χ2n) is 6.12. The largest absolute Gasteiger partial charge is 0.416 e. The molecule has 2 heterocycles. The van der Waals surface area contributed by atoms with Crippen molar-refractivity contribution in [3.05, 3.63) is 78.6 Å². The van der Waals surface area contributed by atoms with Crippen LogP contribution < -0.4 is 0 Å². The van der Waals surface area contributed by atoms with Crippen LogP contribution in [0.5, 0.6) is 0 Å². The highest BCUT2D eigenvalue weighted by Gasteiger charge is 2.14. The number of hydrogen-bond acceptors (Lipinski definition) is 4. The molecule has 3 aromatic carbocycles. The summed E-state index contributed by atoms with van der Waals surface area (Å²) >= 11 is 0. The zero-order valence-corrected chi connectivity index (χ0v) is 14.1. The SMILES string of the molecule is Fc1ccc(-c2n[nH]c3ccc(-c4nnc(-c5ccccc5)o4)cc23)cc1. The fraction of sp³-hybridized carbons (Fsp3) is 0. The highest BCUT2D eigenvalue weighted by atomic mass is 19.1. The van der Waals surface area contributed by atoms with Gasteiger partial charge in [-0.25, -0.2) is 4.39 Å². The van der Waals surface area contributed by atoms with Crippen molar-refractivity contribution < 1.29 is 8.81 Å². The standard InChI is InChI=1S/C21H13FN4O/c22-16-9-6-13(7-10-16)19-17-12-15(8-11-18(17)23-24-19)21-26-25-20(27-21)14-4-2-1-3-5-14/h1-12H,(H,23,24). The first-order valence-corrected chi connectivity index (χ1v) is 8.41. The molecule has 0 amide bonds. The molecule has 5 aromatic rings. The van der Waals surface area contributed by atoms with Crippen molar-refractivity contribution in [2.75, 3.05) is 0 Å². The van der Waals surface area contributed by atoms with E-state index >= 15 is 0 Å². The summed E-state index contributed by atoms with van der Waals surface area (Å²) in [7, 11) is 0. The molecule has 0 aliphatic carbocycles. The Kier molecular flexibility index (Phi) is 3.53. The third-order valence-electron chi connectivity index (χ3n) is 4.37. The lowest BCUT2D eigenvalue weighted by atomic mass is 10.1. The number of aromatic amines is 1. The maximum Gasteiger partial charge on any atom is 0.248 e. The van der Waals surface area contributed by atoms with E-state index in [1.165, 1.54) is 12.1 Å². The molecule has 0 aliphatic heterocycles. The van der Waals surface area contributed by atoms with Gasteiger partial charge in [-0.3, -0.25) is 5.10 Å². The number of hydrogen-bond donors (Lipinski definition) is 1. The maximum atomic E-state index is 13.2. The summed E-state index contributed by atoms with van der Waals surface area (Å²) in [5.74, 6) is 0.622. The van der Waals surface area contributed by atoms with E-state index in [-0.39, 0.29) is 5.82 Å². The van der Waals surface area contributed by atoms with Crippen LogP contribution in [0.1, 0.15) is 0 Å². The van der Waals surface area contributed by atoms with Gasteiger partial charge in [-0.15, -0.1) is 10.2 Å². The van der Waals surface area contributed by atoms with Gasteiger partial charge in [-0.2, -0.15) is 5.10 Å². The van der Waals surface area contributed by atoms with Gasteiger partial charge in [0.05, 0.1) is 11.2 Å². The molecule has 0 unspecified atom stereocenters. The number of benzene rings is 3. The van der Waals surface area contributed by atoms with Crippen LogP contribution in [0.3, 0.4) is 0 Å². The first-order chi connectivity index (χ1) is 13.3. The van der Waals surface area contributed by atoms with Crippen molar-refractivity contribution in [1.29, 1.82) is 0 Å². The van der Waals surface area contributed by atoms with Gasteiger partial charge in [0.2, 0.25) is 11.8 Å². The Morgan fingerprint density at radius 1 is 0.741 bits per heavy atom. The fourth-order valence-electron chi connectivity index (χ4n) is 3.01. The fourth-order valence-corrected chi connectivity index (χ4v) is 3.01. The molecule has 0 aliphatic rings. The van der Waals surface area contributed by atoms with E-state index in [2.05, 4.69) is 20.4 Å². The molecule has 0 fully saturated rings. The van der Waals surface area contributed by atoms with E-state index in [0.29, 0.717) is 11.8 Å². The maximum absolute atomic E-state index is 13.2. The topological polar surface area (TPSA) is 67.6 Å². The van der Waals surface area contributed by atoms with Gasteiger partial charge in [0.15, 0.2) is 0 Å². The highest BCUT2D eigenvalue weighted by molar-refractivity contribution is 5.95. The van der Waals surface area contributed by atoms with Crippen molar-refractivity contribution in [3.8, 4) is 34.2 Å². The second kappa shape index (κ2) is 6.17. The van der Waals surface area contributed by atoms with Gasteiger partial charge in [-0.05, 0) is 54.6 Å². The molecule has 2 aromatic heterocycles. The quantitative estimate of drug-likeness (QED) is 0.489. The number of fused-ring (bicyclic) bond motifs is 1. The first-order valence-electron chi connectivity index (χ1n) is 8.41. The minimum atomic E-state index is -0.279. The highest BCUT2D eigenvalue weighted by Crippen LogP contribution is 2.31. The number of halogens is 1. The predicted molar refractivity (Wildman–Crippen MR) is 100 cm³/mol. The summed E-state index contributed by atoms with van der Waals surface area (Å²) in [5.41, 5.74) is 4.11. The Labute approximate surface area is 153 Å². The Hall–Kier alpha value is -3.80. The number of H-pyrrole nitrogens is 1. The van der Waals surface area contributed by atoms with E-state index in [9.17, 15) is 4.39 Å². The number of nitrogens with one attached hydrogen (secondary N) is 1. The average molecular weight is 356 g/mol. The van der Waals surface area contributed by atoms with Crippen LogP contribution in [0.4, 0.5) is 4.39 Å². The Bertz CT molecular complexity index is 1230. The van der Waals surface area contributed by atoms with Crippen LogP contribution in [-0.2, 0) is 0 Å². The van der Waals surface area contributed by atoms with Crippen molar-refractivity contribution >= 4 is 10.9 Å². The van der Waals surface area contributed by atoms with Crippen molar-refractivity contribution in [1.82, 2.24) is 20.4 Å². The monoisotopic (exact) mass is 356 g/mol. The molecule has 0 spiro atoms. The Balaban J connectivity index is 1.58. The molecular formula is C21H13FN4O. The normalized spacial score (nSPS) is 11.1. The zero-order chi connectivity index (χ0) is 18.2. The smallest absolute Gasteiger partial charge is 0.248 e. The molecule has 5 nitrogen and oxygen atoms in total.